The maximum Gasteiger partial charge on any atom is 0.322 e. The highest BCUT2D eigenvalue weighted by atomic mass is 32.2. The summed E-state index contributed by atoms with van der Waals surface area (Å²) in [4.78, 5) is 13.5. The Balaban J connectivity index is 2.19. The number of anilines is 1. The molecule has 6 nitrogen and oxygen atoms in total. The quantitative estimate of drug-likeness (QED) is 0.617. The van der Waals surface area contributed by atoms with Crippen molar-refractivity contribution in [2.75, 3.05) is 12.0 Å². The van der Waals surface area contributed by atoms with E-state index in [-0.39, 0.29) is 6.01 Å². The van der Waals surface area contributed by atoms with E-state index in [1.165, 1.54) is 11.8 Å². The van der Waals surface area contributed by atoms with Crippen LogP contribution in [0.3, 0.4) is 0 Å². The van der Waals surface area contributed by atoms with E-state index in [1.54, 1.807) is 0 Å². The molecule has 0 unspecified atom stereocenters. The van der Waals surface area contributed by atoms with Gasteiger partial charge in [0, 0.05) is 4.90 Å². The second-order valence-corrected chi connectivity index (χ2v) is 4.67. The fourth-order valence-electron chi connectivity index (χ4n) is 1.30. The summed E-state index contributed by atoms with van der Waals surface area (Å²) in [5.74, 6) is 5.63. The van der Waals surface area contributed by atoms with E-state index in [1.807, 2.05) is 37.3 Å². The van der Waals surface area contributed by atoms with Gasteiger partial charge in [-0.1, -0.05) is 25.1 Å². The maximum absolute atomic E-state index is 5.40. The molecule has 0 spiro atoms. The van der Waals surface area contributed by atoms with Gasteiger partial charge in [-0.05, 0) is 30.3 Å². The van der Waals surface area contributed by atoms with Gasteiger partial charge in [-0.15, -0.1) is 0 Å². The van der Waals surface area contributed by atoms with Crippen LogP contribution in [0, 0.1) is 0 Å². The summed E-state index contributed by atoms with van der Waals surface area (Å²) in [5, 5.41) is 0.542. The van der Waals surface area contributed by atoms with Gasteiger partial charge >= 0.3 is 6.01 Å². The lowest BCUT2D eigenvalue weighted by molar-refractivity contribution is 0.288. The number of rotatable bonds is 6. The van der Waals surface area contributed by atoms with Gasteiger partial charge in [-0.25, -0.2) is 5.84 Å². The summed E-state index contributed by atoms with van der Waals surface area (Å²) in [6.45, 7) is 2.58. The van der Waals surface area contributed by atoms with Gasteiger partial charge in [-0.2, -0.15) is 15.0 Å². The first-order valence-corrected chi connectivity index (χ1v) is 6.72. The normalized spacial score (nSPS) is 10.2. The van der Waals surface area contributed by atoms with Crippen molar-refractivity contribution in [2.24, 2.45) is 5.84 Å². The number of hydrogen-bond acceptors (Lipinski definition) is 7. The van der Waals surface area contributed by atoms with Crippen LogP contribution in [0.4, 0.5) is 5.95 Å². The SMILES string of the molecule is CCCOc1nc(NN)nc(Sc2ccccc2)n1. The van der Waals surface area contributed by atoms with Crippen molar-refractivity contribution < 1.29 is 4.74 Å². The van der Waals surface area contributed by atoms with E-state index < -0.39 is 0 Å². The van der Waals surface area contributed by atoms with Crippen LogP contribution in [-0.4, -0.2) is 21.6 Å². The summed E-state index contributed by atoms with van der Waals surface area (Å²) in [7, 11) is 0. The molecule has 7 heteroatoms. The Morgan fingerprint density at radius 3 is 2.68 bits per heavy atom. The number of nitrogens with zero attached hydrogens (tertiary/aromatic N) is 3. The molecule has 0 aliphatic carbocycles. The number of nitrogen functional groups attached to an aromatic ring is 1. The third-order valence-electron chi connectivity index (χ3n) is 2.11. The Hall–Kier alpha value is -1.86. The monoisotopic (exact) mass is 277 g/mol. The van der Waals surface area contributed by atoms with Crippen molar-refractivity contribution in [3.05, 3.63) is 30.3 Å². The second-order valence-electron chi connectivity index (χ2n) is 3.63. The van der Waals surface area contributed by atoms with Crippen molar-refractivity contribution in [2.45, 2.75) is 23.4 Å². The molecule has 2 aromatic rings. The maximum atomic E-state index is 5.40. The largest absolute Gasteiger partial charge is 0.463 e. The number of ether oxygens (including phenoxy) is 1. The van der Waals surface area contributed by atoms with Crippen molar-refractivity contribution in [3.63, 3.8) is 0 Å². The lowest BCUT2D eigenvalue weighted by Crippen LogP contribution is -2.13. The van der Waals surface area contributed by atoms with Crippen LogP contribution < -0.4 is 16.0 Å². The molecule has 0 aliphatic heterocycles. The molecular weight excluding hydrogens is 262 g/mol. The molecule has 0 bridgehead atoms. The number of hydrazine groups is 1. The Bertz CT molecular complexity index is 523. The van der Waals surface area contributed by atoms with E-state index in [9.17, 15) is 0 Å². The van der Waals surface area contributed by atoms with Crippen LogP contribution in [-0.2, 0) is 0 Å². The average molecular weight is 277 g/mol. The highest BCUT2D eigenvalue weighted by Gasteiger charge is 2.08. The Morgan fingerprint density at radius 2 is 2.00 bits per heavy atom. The minimum absolute atomic E-state index is 0.281. The molecule has 100 valence electrons. The first-order valence-electron chi connectivity index (χ1n) is 5.90. The smallest absolute Gasteiger partial charge is 0.322 e. The van der Waals surface area contributed by atoms with Crippen LogP contribution >= 0.6 is 11.8 Å². The van der Waals surface area contributed by atoms with Gasteiger partial charge in [0.05, 0.1) is 6.61 Å². The van der Waals surface area contributed by atoms with Gasteiger partial charge in [0.15, 0.2) is 0 Å². The number of benzene rings is 1. The van der Waals surface area contributed by atoms with E-state index in [2.05, 4.69) is 20.4 Å². The molecule has 3 N–H and O–H groups in total. The van der Waals surface area contributed by atoms with Crippen LogP contribution in [0.5, 0.6) is 6.01 Å². The van der Waals surface area contributed by atoms with Crippen LogP contribution in [0.15, 0.2) is 40.4 Å². The molecule has 1 aromatic carbocycles. The van der Waals surface area contributed by atoms with Crippen molar-refractivity contribution in [3.8, 4) is 6.01 Å². The van der Waals surface area contributed by atoms with Gasteiger partial charge in [0.2, 0.25) is 11.1 Å². The molecule has 0 radical (unpaired) electrons. The second kappa shape index (κ2) is 6.91. The topological polar surface area (TPSA) is 86.0 Å². The molecule has 0 saturated heterocycles. The zero-order chi connectivity index (χ0) is 13.5. The minimum atomic E-state index is 0.281. The first kappa shape index (κ1) is 13.6. The number of nitrogens with one attached hydrogen (secondary N) is 1. The number of hydrogen-bond donors (Lipinski definition) is 2. The molecule has 0 fully saturated rings. The van der Waals surface area contributed by atoms with Gasteiger partial charge < -0.3 is 4.74 Å². The molecule has 1 aromatic heterocycles. The van der Waals surface area contributed by atoms with Crippen molar-refractivity contribution >= 4 is 17.7 Å². The van der Waals surface area contributed by atoms with Crippen molar-refractivity contribution in [1.29, 1.82) is 0 Å². The van der Waals surface area contributed by atoms with Crippen LogP contribution in [0.25, 0.3) is 0 Å². The zero-order valence-corrected chi connectivity index (χ0v) is 11.4. The first-order chi connectivity index (χ1) is 9.31. The summed E-state index contributed by atoms with van der Waals surface area (Å²) >= 11 is 1.43. The molecule has 19 heavy (non-hydrogen) atoms. The highest BCUT2D eigenvalue weighted by Crippen LogP contribution is 2.25. The Kier molecular flexibility index (Phi) is 4.93. The minimum Gasteiger partial charge on any atom is -0.463 e. The van der Waals surface area contributed by atoms with Gasteiger partial charge in [0.25, 0.3) is 0 Å². The van der Waals surface area contributed by atoms with E-state index >= 15 is 0 Å². The highest BCUT2D eigenvalue weighted by molar-refractivity contribution is 7.99. The van der Waals surface area contributed by atoms with E-state index in [0.717, 1.165) is 11.3 Å². The van der Waals surface area contributed by atoms with Crippen LogP contribution in [0.1, 0.15) is 13.3 Å². The Labute approximate surface area is 115 Å². The average Bonchev–Trinajstić information content (AvgIpc) is 2.46. The third-order valence-corrected chi connectivity index (χ3v) is 2.98. The summed E-state index contributed by atoms with van der Waals surface area (Å²) in [6, 6.07) is 10.1. The molecule has 1 heterocycles. The lowest BCUT2D eigenvalue weighted by atomic mass is 10.4. The summed E-state index contributed by atoms with van der Waals surface area (Å²) < 4.78 is 5.40. The number of nitrogens with two attached hydrogens (primary N) is 1. The molecule has 2 rings (SSSR count). The molecule has 0 atom stereocenters. The number of aromatic nitrogens is 3. The Morgan fingerprint density at radius 1 is 1.21 bits per heavy atom. The van der Waals surface area contributed by atoms with E-state index in [4.69, 9.17) is 10.6 Å². The fourth-order valence-corrected chi connectivity index (χ4v) is 2.06. The summed E-state index contributed by atoms with van der Waals surface area (Å²) in [6.07, 6.45) is 0.887. The van der Waals surface area contributed by atoms with Crippen molar-refractivity contribution in [1.82, 2.24) is 15.0 Å². The predicted octanol–water partition coefficient (Wildman–Crippen LogP) is 2.10. The summed E-state index contributed by atoms with van der Waals surface area (Å²) in [5.41, 5.74) is 2.41. The molecule has 0 saturated carbocycles. The zero-order valence-electron chi connectivity index (χ0n) is 10.5. The predicted molar refractivity (Wildman–Crippen MR) is 74.0 cm³/mol. The molecule has 0 amide bonds. The van der Waals surface area contributed by atoms with Gasteiger partial charge in [0.1, 0.15) is 0 Å². The molecular formula is C12H15N5OS. The van der Waals surface area contributed by atoms with Crippen LogP contribution in [0.2, 0.25) is 0 Å². The third kappa shape index (κ3) is 4.08. The standard InChI is InChI=1S/C12H15N5OS/c1-2-8-18-11-14-10(17-13)15-12(16-11)19-9-6-4-3-5-7-9/h3-7H,2,8,13H2,1H3,(H,14,15,16,17). The molecule has 0 aliphatic rings. The fraction of sp³-hybridized carbons (Fsp3) is 0.250. The van der Waals surface area contributed by atoms with E-state index in [0.29, 0.717) is 17.7 Å². The van der Waals surface area contributed by atoms with Gasteiger partial charge in [-0.3, -0.25) is 5.43 Å². The lowest BCUT2D eigenvalue weighted by Gasteiger charge is -2.06.